The molecule has 0 unspecified atom stereocenters. The van der Waals surface area contributed by atoms with E-state index in [1.165, 1.54) is 5.56 Å². The van der Waals surface area contributed by atoms with E-state index in [4.69, 9.17) is 5.73 Å². The fraction of sp³-hybridized carbons (Fsp3) is 0.385. The number of pyridine rings is 1. The Morgan fingerprint density at radius 3 is 2.78 bits per heavy atom. The number of nitrogens with zero attached hydrogens (tertiary/aromatic N) is 4. The van der Waals surface area contributed by atoms with Crippen LogP contribution in [0.25, 0.3) is 0 Å². The van der Waals surface area contributed by atoms with Crippen LogP contribution in [0.2, 0.25) is 0 Å². The monoisotopic (exact) mass is 245 g/mol. The van der Waals surface area contributed by atoms with Crippen LogP contribution < -0.4 is 5.73 Å². The summed E-state index contributed by atoms with van der Waals surface area (Å²) in [5.74, 6) is 0. The van der Waals surface area contributed by atoms with E-state index in [0.717, 1.165) is 25.3 Å². The number of rotatable bonds is 6. The maximum absolute atomic E-state index is 5.51. The van der Waals surface area contributed by atoms with E-state index in [1.807, 2.05) is 35.4 Å². The summed E-state index contributed by atoms with van der Waals surface area (Å²) in [5, 5.41) is 0. The van der Waals surface area contributed by atoms with Crippen molar-refractivity contribution in [2.45, 2.75) is 19.6 Å². The van der Waals surface area contributed by atoms with Crippen LogP contribution >= 0.6 is 0 Å². The van der Waals surface area contributed by atoms with Gasteiger partial charge in [-0.25, -0.2) is 4.98 Å². The first-order chi connectivity index (χ1) is 8.78. The molecule has 18 heavy (non-hydrogen) atoms. The van der Waals surface area contributed by atoms with Crippen LogP contribution in [0.3, 0.4) is 0 Å². The SMILES string of the molecule is CN(Cc1ccncc1)Cc1cn(CCN)cn1. The Morgan fingerprint density at radius 2 is 2.06 bits per heavy atom. The average molecular weight is 245 g/mol. The van der Waals surface area contributed by atoms with Crippen LogP contribution in [0.1, 0.15) is 11.3 Å². The van der Waals surface area contributed by atoms with Crippen LogP contribution in [0.5, 0.6) is 0 Å². The lowest BCUT2D eigenvalue weighted by Gasteiger charge is -2.14. The molecular weight excluding hydrogens is 226 g/mol. The zero-order valence-electron chi connectivity index (χ0n) is 10.7. The van der Waals surface area contributed by atoms with Gasteiger partial charge < -0.3 is 10.3 Å². The van der Waals surface area contributed by atoms with Gasteiger partial charge in [0.15, 0.2) is 0 Å². The minimum absolute atomic E-state index is 0.642. The largest absolute Gasteiger partial charge is 0.336 e. The van der Waals surface area contributed by atoms with Crippen LogP contribution in [0.4, 0.5) is 0 Å². The Labute approximate surface area is 107 Å². The maximum Gasteiger partial charge on any atom is 0.0950 e. The van der Waals surface area contributed by atoms with Gasteiger partial charge in [-0.1, -0.05) is 0 Å². The third-order valence-electron chi connectivity index (χ3n) is 2.71. The van der Waals surface area contributed by atoms with Crippen molar-refractivity contribution in [1.82, 2.24) is 19.4 Å². The molecule has 5 heteroatoms. The highest BCUT2D eigenvalue weighted by atomic mass is 15.1. The van der Waals surface area contributed by atoms with Gasteiger partial charge in [0.2, 0.25) is 0 Å². The van der Waals surface area contributed by atoms with Crippen molar-refractivity contribution in [3.05, 3.63) is 48.3 Å². The van der Waals surface area contributed by atoms with Crippen molar-refractivity contribution in [3.8, 4) is 0 Å². The van der Waals surface area contributed by atoms with Crippen LogP contribution in [-0.4, -0.2) is 33.0 Å². The highest BCUT2D eigenvalue weighted by Gasteiger charge is 2.04. The lowest BCUT2D eigenvalue weighted by atomic mass is 10.2. The van der Waals surface area contributed by atoms with Gasteiger partial charge >= 0.3 is 0 Å². The Kier molecular flexibility index (Phi) is 4.44. The molecule has 2 rings (SSSR count). The fourth-order valence-electron chi connectivity index (χ4n) is 1.89. The molecule has 0 bridgehead atoms. The average Bonchev–Trinajstić information content (AvgIpc) is 2.78. The minimum Gasteiger partial charge on any atom is -0.336 e. The van der Waals surface area contributed by atoms with Crippen molar-refractivity contribution < 1.29 is 0 Å². The topological polar surface area (TPSA) is 60.0 Å². The molecule has 0 aliphatic heterocycles. The highest BCUT2D eigenvalue weighted by Crippen LogP contribution is 2.05. The molecule has 2 aromatic heterocycles. The normalized spacial score (nSPS) is 11.1. The minimum atomic E-state index is 0.642. The Hall–Kier alpha value is -1.72. The molecule has 2 N–H and O–H groups in total. The standard InChI is InChI=1S/C13H19N5/c1-17(8-12-2-5-15-6-3-12)9-13-10-18(7-4-14)11-16-13/h2-3,5-6,10-11H,4,7-9,14H2,1H3. The molecule has 0 aromatic carbocycles. The van der Waals surface area contributed by atoms with Crippen LogP contribution in [0.15, 0.2) is 37.1 Å². The fourth-order valence-corrected chi connectivity index (χ4v) is 1.89. The maximum atomic E-state index is 5.51. The van der Waals surface area contributed by atoms with Gasteiger partial charge in [0, 0.05) is 44.8 Å². The number of aromatic nitrogens is 3. The Balaban J connectivity index is 1.88. The summed E-state index contributed by atoms with van der Waals surface area (Å²) in [6, 6.07) is 4.06. The third kappa shape index (κ3) is 3.65. The number of hydrogen-bond acceptors (Lipinski definition) is 4. The summed E-state index contributed by atoms with van der Waals surface area (Å²) in [5.41, 5.74) is 7.84. The predicted molar refractivity (Wildman–Crippen MR) is 70.7 cm³/mol. The Bertz CT molecular complexity index is 465. The summed E-state index contributed by atoms with van der Waals surface area (Å²) in [7, 11) is 2.09. The Morgan fingerprint density at radius 1 is 1.28 bits per heavy atom. The first-order valence-corrected chi connectivity index (χ1v) is 6.06. The number of hydrogen-bond donors (Lipinski definition) is 1. The summed E-state index contributed by atoms with van der Waals surface area (Å²) < 4.78 is 2.02. The molecule has 0 amide bonds. The predicted octanol–water partition coefficient (Wildman–Crippen LogP) is 0.869. The molecule has 0 radical (unpaired) electrons. The van der Waals surface area contributed by atoms with E-state index >= 15 is 0 Å². The van der Waals surface area contributed by atoms with E-state index in [0.29, 0.717) is 6.54 Å². The second-order valence-electron chi connectivity index (χ2n) is 4.42. The van der Waals surface area contributed by atoms with Crippen molar-refractivity contribution >= 4 is 0 Å². The molecular formula is C13H19N5. The van der Waals surface area contributed by atoms with Gasteiger partial charge in [0.25, 0.3) is 0 Å². The lowest BCUT2D eigenvalue weighted by molar-refractivity contribution is 0.315. The van der Waals surface area contributed by atoms with Gasteiger partial charge in [-0.2, -0.15) is 0 Å². The molecule has 0 aliphatic rings. The van der Waals surface area contributed by atoms with Crippen molar-refractivity contribution in [1.29, 1.82) is 0 Å². The van der Waals surface area contributed by atoms with Crippen molar-refractivity contribution in [3.63, 3.8) is 0 Å². The lowest BCUT2D eigenvalue weighted by Crippen LogP contribution is -2.17. The smallest absolute Gasteiger partial charge is 0.0950 e. The first kappa shape index (κ1) is 12.7. The second kappa shape index (κ2) is 6.28. The molecule has 0 atom stereocenters. The molecule has 2 aromatic rings. The first-order valence-electron chi connectivity index (χ1n) is 6.06. The summed E-state index contributed by atoms with van der Waals surface area (Å²) in [6.07, 6.45) is 7.52. The van der Waals surface area contributed by atoms with Crippen molar-refractivity contribution in [2.75, 3.05) is 13.6 Å². The van der Waals surface area contributed by atoms with Crippen LogP contribution in [-0.2, 0) is 19.6 Å². The second-order valence-corrected chi connectivity index (χ2v) is 4.42. The summed E-state index contributed by atoms with van der Waals surface area (Å²) in [6.45, 7) is 3.19. The highest BCUT2D eigenvalue weighted by molar-refractivity contribution is 5.09. The van der Waals surface area contributed by atoms with E-state index in [-0.39, 0.29) is 0 Å². The molecule has 96 valence electrons. The molecule has 0 saturated carbocycles. The van der Waals surface area contributed by atoms with Gasteiger partial charge in [0.1, 0.15) is 0 Å². The summed E-state index contributed by atoms with van der Waals surface area (Å²) in [4.78, 5) is 10.6. The third-order valence-corrected chi connectivity index (χ3v) is 2.71. The zero-order chi connectivity index (χ0) is 12.8. The van der Waals surface area contributed by atoms with Gasteiger partial charge in [0.05, 0.1) is 12.0 Å². The molecule has 0 fully saturated rings. The van der Waals surface area contributed by atoms with Gasteiger partial charge in [-0.05, 0) is 24.7 Å². The summed E-state index contributed by atoms with van der Waals surface area (Å²) >= 11 is 0. The molecule has 2 heterocycles. The van der Waals surface area contributed by atoms with E-state index in [9.17, 15) is 0 Å². The molecule has 0 spiro atoms. The van der Waals surface area contributed by atoms with Crippen LogP contribution in [0, 0.1) is 0 Å². The van der Waals surface area contributed by atoms with E-state index < -0.39 is 0 Å². The number of imidazole rings is 1. The quantitative estimate of drug-likeness (QED) is 0.820. The zero-order valence-corrected chi connectivity index (χ0v) is 10.7. The van der Waals surface area contributed by atoms with Gasteiger partial charge in [-0.3, -0.25) is 9.88 Å². The van der Waals surface area contributed by atoms with Crippen molar-refractivity contribution in [2.24, 2.45) is 5.73 Å². The molecule has 0 aliphatic carbocycles. The van der Waals surface area contributed by atoms with E-state index in [2.05, 4.69) is 28.1 Å². The number of nitrogens with two attached hydrogens (primary N) is 1. The molecule has 5 nitrogen and oxygen atoms in total. The van der Waals surface area contributed by atoms with E-state index in [1.54, 1.807) is 0 Å². The molecule has 0 saturated heterocycles. The van der Waals surface area contributed by atoms with Gasteiger partial charge in [-0.15, -0.1) is 0 Å².